The number of carbonyl (C=O) groups is 1. The molecule has 0 aliphatic heterocycles. The maximum Gasteiger partial charge on any atom is 0.416 e. The standard InChI is InChI=1S/C21H16F3N5OS/c1-12-18(13-6-8-25-9-7-13)28-29-19(12)27-17(30)10-16-11-31-20(26-16)14-2-4-15(5-3-14)21(22,23)24/h2-9,11H,10H2,1H3,(H2,27,28,29,30). The normalized spacial score (nSPS) is 11.5. The van der Waals surface area contributed by atoms with Gasteiger partial charge in [0.25, 0.3) is 0 Å². The molecule has 0 aliphatic carbocycles. The first-order valence-corrected chi connectivity index (χ1v) is 10.1. The van der Waals surface area contributed by atoms with Crippen molar-refractivity contribution < 1.29 is 18.0 Å². The van der Waals surface area contributed by atoms with Gasteiger partial charge in [-0.15, -0.1) is 11.3 Å². The summed E-state index contributed by atoms with van der Waals surface area (Å²) in [7, 11) is 0. The highest BCUT2D eigenvalue weighted by atomic mass is 32.1. The number of aromatic amines is 1. The average Bonchev–Trinajstić information content (AvgIpc) is 3.35. The molecule has 1 amide bonds. The molecule has 31 heavy (non-hydrogen) atoms. The predicted molar refractivity (Wildman–Crippen MR) is 111 cm³/mol. The van der Waals surface area contributed by atoms with E-state index in [0.717, 1.165) is 29.0 Å². The van der Waals surface area contributed by atoms with E-state index in [-0.39, 0.29) is 12.3 Å². The SMILES string of the molecule is Cc1c(NC(=O)Cc2csc(-c3ccc(C(F)(F)F)cc3)n2)n[nH]c1-c1ccncc1. The Kier molecular flexibility index (Phi) is 5.55. The molecule has 10 heteroatoms. The topological polar surface area (TPSA) is 83.6 Å². The van der Waals surface area contributed by atoms with Crippen molar-refractivity contribution in [1.29, 1.82) is 0 Å². The van der Waals surface area contributed by atoms with Gasteiger partial charge in [-0.25, -0.2) is 4.98 Å². The molecule has 0 saturated carbocycles. The van der Waals surface area contributed by atoms with Crippen LogP contribution in [0.1, 0.15) is 16.8 Å². The summed E-state index contributed by atoms with van der Waals surface area (Å²) in [6.45, 7) is 1.85. The summed E-state index contributed by atoms with van der Waals surface area (Å²) >= 11 is 1.27. The van der Waals surface area contributed by atoms with E-state index in [2.05, 4.69) is 25.5 Å². The Bertz CT molecular complexity index is 1200. The number of hydrogen-bond donors (Lipinski definition) is 2. The number of thiazole rings is 1. The maximum atomic E-state index is 12.7. The van der Waals surface area contributed by atoms with Crippen LogP contribution in [0.4, 0.5) is 19.0 Å². The van der Waals surface area contributed by atoms with E-state index in [1.807, 2.05) is 19.1 Å². The van der Waals surface area contributed by atoms with Crippen molar-refractivity contribution in [1.82, 2.24) is 20.2 Å². The second-order valence-electron chi connectivity index (χ2n) is 6.75. The zero-order valence-electron chi connectivity index (χ0n) is 16.2. The smallest absolute Gasteiger partial charge is 0.309 e. The molecular weight excluding hydrogens is 427 g/mol. The minimum Gasteiger partial charge on any atom is -0.309 e. The fourth-order valence-electron chi connectivity index (χ4n) is 2.98. The van der Waals surface area contributed by atoms with Crippen LogP contribution in [-0.2, 0) is 17.4 Å². The van der Waals surface area contributed by atoms with E-state index in [9.17, 15) is 18.0 Å². The van der Waals surface area contributed by atoms with Gasteiger partial charge in [-0.1, -0.05) is 12.1 Å². The van der Waals surface area contributed by atoms with E-state index in [1.165, 1.54) is 23.5 Å². The Morgan fingerprint density at radius 2 is 1.81 bits per heavy atom. The first-order chi connectivity index (χ1) is 14.8. The van der Waals surface area contributed by atoms with Crippen LogP contribution >= 0.6 is 11.3 Å². The van der Waals surface area contributed by atoms with Gasteiger partial charge >= 0.3 is 6.18 Å². The van der Waals surface area contributed by atoms with Gasteiger partial charge in [-0.3, -0.25) is 14.9 Å². The van der Waals surface area contributed by atoms with E-state index in [0.29, 0.717) is 22.1 Å². The fourth-order valence-corrected chi connectivity index (χ4v) is 3.81. The van der Waals surface area contributed by atoms with Gasteiger partial charge < -0.3 is 5.32 Å². The van der Waals surface area contributed by atoms with Crippen molar-refractivity contribution in [3.63, 3.8) is 0 Å². The van der Waals surface area contributed by atoms with E-state index < -0.39 is 11.7 Å². The van der Waals surface area contributed by atoms with E-state index >= 15 is 0 Å². The fraction of sp³-hybridized carbons (Fsp3) is 0.143. The number of H-pyrrole nitrogens is 1. The number of nitrogens with one attached hydrogen (secondary N) is 2. The first kappa shape index (κ1) is 20.7. The minimum atomic E-state index is -4.38. The lowest BCUT2D eigenvalue weighted by atomic mass is 10.1. The van der Waals surface area contributed by atoms with Crippen molar-refractivity contribution >= 4 is 23.1 Å². The number of nitrogens with zero attached hydrogens (tertiary/aromatic N) is 3. The molecule has 0 atom stereocenters. The average molecular weight is 443 g/mol. The van der Waals surface area contributed by atoms with Crippen LogP contribution in [0.25, 0.3) is 21.8 Å². The van der Waals surface area contributed by atoms with Crippen LogP contribution in [0.5, 0.6) is 0 Å². The number of aromatic nitrogens is 4. The highest BCUT2D eigenvalue weighted by molar-refractivity contribution is 7.13. The highest BCUT2D eigenvalue weighted by Gasteiger charge is 2.30. The number of carbonyl (C=O) groups excluding carboxylic acids is 1. The molecule has 0 radical (unpaired) electrons. The Morgan fingerprint density at radius 1 is 1.10 bits per heavy atom. The lowest BCUT2D eigenvalue weighted by Gasteiger charge is -2.06. The predicted octanol–water partition coefficient (Wildman–Crippen LogP) is 5.10. The third-order valence-electron chi connectivity index (χ3n) is 4.59. The summed E-state index contributed by atoms with van der Waals surface area (Å²) < 4.78 is 38.1. The molecule has 0 saturated heterocycles. The van der Waals surface area contributed by atoms with Crippen LogP contribution in [0.15, 0.2) is 54.2 Å². The molecular formula is C21H16F3N5OS. The van der Waals surface area contributed by atoms with E-state index in [1.54, 1.807) is 17.8 Å². The molecule has 4 rings (SSSR count). The van der Waals surface area contributed by atoms with Crippen molar-refractivity contribution in [3.05, 3.63) is 71.0 Å². The summed E-state index contributed by atoms with van der Waals surface area (Å²) in [6.07, 6.45) is -1.02. The summed E-state index contributed by atoms with van der Waals surface area (Å²) in [4.78, 5) is 20.8. The largest absolute Gasteiger partial charge is 0.416 e. The summed E-state index contributed by atoms with van der Waals surface area (Å²) in [5.41, 5.74) is 2.86. The number of amides is 1. The lowest BCUT2D eigenvalue weighted by molar-refractivity contribution is -0.137. The molecule has 3 aromatic heterocycles. The molecule has 0 bridgehead atoms. The van der Waals surface area contributed by atoms with Gasteiger partial charge in [-0.05, 0) is 31.2 Å². The molecule has 4 aromatic rings. The van der Waals surface area contributed by atoms with Gasteiger partial charge in [0.05, 0.1) is 23.4 Å². The second-order valence-corrected chi connectivity index (χ2v) is 7.61. The van der Waals surface area contributed by atoms with E-state index in [4.69, 9.17) is 0 Å². The van der Waals surface area contributed by atoms with Crippen molar-refractivity contribution in [2.75, 3.05) is 5.32 Å². The Labute approximate surface area is 179 Å². The van der Waals surface area contributed by atoms with Gasteiger partial charge in [0.15, 0.2) is 5.82 Å². The van der Waals surface area contributed by atoms with Crippen molar-refractivity contribution in [2.24, 2.45) is 0 Å². The molecule has 0 fully saturated rings. The van der Waals surface area contributed by atoms with Crippen LogP contribution in [0, 0.1) is 6.92 Å². The molecule has 0 aliphatic rings. The monoisotopic (exact) mass is 443 g/mol. The third kappa shape index (κ3) is 4.64. The molecule has 1 aromatic carbocycles. The van der Waals surface area contributed by atoms with Crippen LogP contribution < -0.4 is 5.32 Å². The second kappa shape index (κ2) is 8.31. The molecule has 0 unspecified atom stereocenters. The Hall–Kier alpha value is -3.53. The van der Waals surface area contributed by atoms with Crippen molar-refractivity contribution in [2.45, 2.75) is 19.5 Å². The number of hydrogen-bond acceptors (Lipinski definition) is 5. The maximum absolute atomic E-state index is 12.7. The number of halogens is 3. The van der Waals surface area contributed by atoms with Crippen molar-refractivity contribution in [3.8, 4) is 21.8 Å². The zero-order chi connectivity index (χ0) is 22.0. The Morgan fingerprint density at radius 3 is 2.48 bits per heavy atom. The number of pyridine rings is 1. The summed E-state index contributed by atoms with van der Waals surface area (Å²) in [5.74, 6) is 0.134. The van der Waals surface area contributed by atoms with Crippen LogP contribution in [0.3, 0.4) is 0 Å². The van der Waals surface area contributed by atoms with Gasteiger partial charge in [0.1, 0.15) is 5.01 Å². The number of anilines is 1. The Balaban J connectivity index is 1.42. The number of rotatable bonds is 5. The van der Waals surface area contributed by atoms with Gasteiger partial charge in [0, 0.05) is 34.5 Å². The molecule has 3 heterocycles. The number of alkyl halides is 3. The summed E-state index contributed by atoms with van der Waals surface area (Å²) in [5, 5.41) is 12.1. The van der Waals surface area contributed by atoms with Gasteiger partial charge in [-0.2, -0.15) is 18.3 Å². The lowest BCUT2D eigenvalue weighted by Crippen LogP contribution is -2.15. The third-order valence-corrected chi connectivity index (χ3v) is 5.53. The quantitative estimate of drug-likeness (QED) is 0.449. The van der Waals surface area contributed by atoms with Crippen LogP contribution in [0.2, 0.25) is 0 Å². The summed E-state index contributed by atoms with van der Waals surface area (Å²) in [6, 6.07) is 8.46. The minimum absolute atomic E-state index is 0.0219. The van der Waals surface area contributed by atoms with Gasteiger partial charge in [0.2, 0.25) is 5.91 Å². The highest BCUT2D eigenvalue weighted by Crippen LogP contribution is 2.32. The molecule has 2 N–H and O–H groups in total. The first-order valence-electron chi connectivity index (χ1n) is 9.18. The zero-order valence-corrected chi connectivity index (χ0v) is 17.0. The molecule has 0 spiro atoms. The molecule has 158 valence electrons. The number of benzene rings is 1. The molecule has 6 nitrogen and oxygen atoms in total. The van der Waals surface area contributed by atoms with Crippen LogP contribution in [-0.4, -0.2) is 26.1 Å².